The highest BCUT2D eigenvalue weighted by Crippen LogP contribution is 2.27. The van der Waals surface area contributed by atoms with Crippen LogP contribution < -0.4 is 0 Å². The molecule has 140 valence electrons. The topological polar surface area (TPSA) is 96.6 Å². The lowest BCUT2D eigenvalue weighted by Gasteiger charge is -2.28. The third-order valence-electron chi connectivity index (χ3n) is 4.89. The molecule has 0 spiro atoms. The van der Waals surface area contributed by atoms with E-state index in [0.717, 1.165) is 29.1 Å². The van der Waals surface area contributed by atoms with Gasteiger partial charge in [0.1, 0.15) is 12.4 Å². The average Bonchev–Trinajstić information content (AvgIpc) is 3.22. The first-order chi connectivity index (χ1) is 13.0. The number of imide groups is 2. The molecule has 2 aromatic rings. The summed E-state index contributed by atoms with van der Waals surface area (Å²) in [6.07, 6.45) is 4.36. The highest BCUT2D eigenvalue weighted by atomic mass is 19.1. The number of halogens is 1. The number of benzene rings is 1. The molecule has 0 bridgehead atoms. The zero-order valence-corrected chi connectivity index (χ0v) is 14.4. The molecule has 0 radical (unpaired) electrons. The SMILES string of the molecule is O=C1C(=O)N(C2CCCCC2)C(=O)N1Cc1nc(-c2ccc(F)cc2)no1. The Hall–Kier alpha value is -3.10. The van der Waals surface area contributed by atoms with E-state index in [1.807, 2.05) is 0 Å². The Morgan fingerprint density at radius 1 is 1.04 bits per heavy atom. The first kappa shape index (κ1) is 17.3. The monoisotopic (exact) mass is 372 g/mol. The number of carbonyl (C=O) groups is 3. The summed E-state index contributed by atoms with van der Waals surface area (Å²) in [5, 5.41) is 3.78. The highest BCUT2D eigenvalue weighted by Gasteiger charge is 2.48. The van der Waals surface area contributed by atoms with Crippen LogP contribution in [0.2, 0.25) is 0 Å². The van der Waals surface area contributed by atoms with Gasteiger partial charge in [-0.25, -0.2) is 14.1 Å². The normalized spacial score (nSPS) is 18.6. The highest BCUT2D eigenvalue weighted by molar-refractivity contribution is 6.44. The number of aromatic nitrogens is 2. The van der Waals surface area contributed by atoms with Gasteiger partial charge < -0.3 is 4.52 Å². The molecule has 1 aromatic carbocycles. The minimum atomic E-state index is -0.882. The van der Waals surface area contributed by atoms with E-state index >= 15 is 0 Å². The van der Waals surface area contributed by atoms with Gasteiger partial charge in [0.2, 0.25) is 11.7 Å². The van der Waals surface area contributed by atoms with E-state index in [-0.39, 0.29) is 24.3 Å². The molecule has 2 aliphatic rings. The third-order valence-corrected chi connectivity index (χ3v) is 4.89. The van der Waals surface area contributed by atoms with E-state index < -0.39 is 23.7 Å². The number of rotatable bonds is 4. The van der Waals surface area contributed by atoms with Crippen LogP contribution in [0, 0.1) is 5.82 Å². The molecule has 1 saturated carbocycles. The maximum Gasteiger partial charge on any atom is 0.334 e. The van der Waals surface area contributed by atoms with Crippen molar-refractivity contribution in [2.75, 3.05) is 0 Å². The van der Waals surface area contributed by atoms with Gasteiger partial charge in [-0.05, 0) is 37.1 Å². The van der Waals surface area contributed by atoms with Crippen molar-refractivity contribution in [3.8, 4) is 11.4 Å². The molecule has 0 unspecified atom stereocenters. The summed E-state index contributed by atoms with van der Waals surface area (Å²) < 4.78 is 18.1. The van der Waals surface area contributed by atoms with Gasteiger partial charge in [0, 0.05) is 11.6 Å². The summed E-state index contributed by atoms with van der Waals surface area (Å²) >= 11 is 0. The van der Waals surface area contributed by atoms with Crippen LogP contribution in [0.4, 0.5) is 9.18 Å². The van der Waals surface area contributed by atoms with E-state index in [1.54, 1.807) is 0 Å². The fourth-order valence-electron chi connectivity index (χ4n) is 3.49. The van der Waals surface area contributed by atoms with Crippen LogP contribution in [0.5, 0.6) is 0 Å². The van der Waals surface area contributed by atoms with Crippen molar-refractivity contribution < 1.29 is 23.3 Å². The van der Waals surface area contributed by atoms with Crippen LogP contribution in [-0.4, -0.2) is 43.8 Å². The Morgan fingerprint density at radius 3 is 2.44 bits per heavy atom. The van der Waals surface area contributed by atoms with Gasteiger partial charge in [0.25, 0.3) is 0 Å². The summed E-state index contributed by atoms with van der Waals surface area (Å²) in [5.74, 6) is -1.84. The van der Waals surface area contributed by atoms with E-state index in [4.69, 9.17) is 4.52 Å². The fourth-order valence-corrected chi connectivity index (χ4v) is 3.49. The second kappa shape index (κ2) is 6.90. The molecule has 1 aliphatic carbocycles. The number of hydrogen-bond donors (Lipinski definition) is 0. The van der Waals surface area contributed by atoms with Crippen LogP contribution in [0.3, 0.4) is 0 Å². The summed E-state index contributed by atoms with van der Waals surface area (Å²) in [7, 11) is 0. The number of hydrogen-bond acceptors (Lipinski definition) is 6. The third kappa shape index (κ3) is 3.20. The predicted molar refractivity (Wildman–Crippen MR) is 89.4 cm³/mol. The van der Waals surface area contributed by atoms with Gasteiger partial charge in [-0.3, -0.25) is 14.5 Å². The minimum Gasteiger partial charge on any atom is -0.337 e. The van der Waals surface area contributed by atoms with E-state index in [1.165, 1.54) is 24.3 Å². The molecular weight excluding hydrogens is 355 g/mol. The van der Waals surface area contributed by atoms with Crippen molar-refractivity contribution in [2.45, 2.75) is 44.7 Å². The molecule has 1 saturated heterocycles. The van der Waals surface area contributed by atoms with Gasteiger partial charge in [-0.2, -0.15) is 4.98 Å². The maximum atomic E-state index is 13.0. The molecule has 0 N–H and O–H groups in total. The van der Waals surface area contributed by atoms with Crippen LogP contribution >= 0.6 is 0 Å². The lowest BCUT2D eigenvalue weighted by molar-refractivity contribution is -0.144. The molecule has 4 rings (SSSR count). The van der Waals surface area contributed by atoms with Gasteiger partial charge in [0.15, 0.2) is 0 Å². The Kier molecular flexibility index (Phi) is 4.43. The summed E-state index contributed by atoms with van der Waals surface area (Å²) in [5.41, 5.74) is 0.533. The molecule has 1 aliphatic heterocycles. The number of amides is 4. The molecule has 9 heteroatoms. The zero-order valence-electron chi connectivity index (χ0n) is 14.4. The number of urea groups is 1. The molecular formula is C18H17FN4O4. The molecule has 27 heavy (non-hydrogen) atoms. The minimum absolute atomic E-state index is 0.0225. The summed E-state index contributed by atoms with van der Waals surface area (Å²) in [4.78, 5) is 43.2. The Morgan fingerprint density at radius 2 is 1.74 bits per heavy atom. The van der Waals surface area contributed by atoms with Crippen LogP contribution in [0.1, 0.15) is 38.0 Å². The van der Waals surface area contributed by atoms with E-state index in [2.05, 4.69) is 10.1 Å². The zero-order chi connectivity index (χ0) is 19.0. The van der Waals surface area contributed by atoms with Gasteiger partial charge in [-0.15, -0.1) is 0 Å². The second-order valence-corrected chi connectivity index (χ2v) is 6.66. The van der Waals surface area contributed by atoms with Crippen LogP contribution in [-0.2, 0) is 16.1 Å². The Bertz CT molecular complexity index is 889. The van der Waals surface area contributed by atoms with Crippen molar-refractivity contribution in [3.05, 3.63) is 36.0 Å². The van der Waals surface area contributed by atoms with Gasteiger partial charge in [-0.1, -0.05) is 24.4 Å². The first-order valence-corrected chi connectivity index (χ1v) is 8.82. The number of nitrogens with zero attached hydrogens (tertiary/aromatic N) is 4. The Balaban J connectivity index is 1.51. The molecule has 2 heterocycles. The summed E-state index contributed by atoms with van der Waals surface area (Å²) in [6.45, 7) is -0.277. The average molecular weight is 372 g/mol. The lowest BCUT2D eigenvalue weighted by atomic mass is 9.94. The van der Waals surface area contributed by atoms with Gasteiger partial charge >= 0.3 is 17.8 Å². The standard InChI is InChI=1S/C18H17FN4O4/c19-12-8-6-11(7-9-12)15-20-14(27-21-15)10-22-16(24)17(25)23(18(22)26)13-4-2-1-3-5-13/h6-9,13H,1-5,10H2. The Labute approximate surface area is 153 Å². The lowest BCUT2D eigenvalue weighted by Crippen LogP contribution is -2.42. The molecule has 2 fully saturated rings. The molecule has 1 aromatic heterocycles. The van der Waals surface area contributed by atoms with E-state index in [9.17, 15) is 18.8 Å². The first-order valence-electron chi connectivity index (χ1n) is 8.82. The molecule has 0 atom stereocenters. The largest absolute Gasteiger partial charge is 0.337 e. The van der Waals surface area contributed by atoms with Crippen molar-refractivity contribution in [3.63, 3.8) is 0 Å². The fraction of sp³-hybridized carbons (Fsp3) is 0.389. The van der Waals surface area contributed by atoms with Crippen LogP contribution in [0.15, 0.2) is 28.8 Å². The molecule has 4 amide bonds. The van der Waals surface area contributed by atoms with Crippen LogP contribution in [0.25, 0.3) is 11.4 Å². The number of carbonyl (C=O) groups excluding carboxylic acids is 3. The van der Waals surface area contributed by atoms with Crippen molar-refractivity contribution in [1.82, 2.24) is 19.9 Å². The smallest absolute Gasteiger partial charge is 0.334 e. The quantitative estimate of drug-likeness (QED) is 0.604. The van der Waals surface area contributed by atoms with Crippen molar-refractivity contribution in [1.29, 1.82) is 0 Å². The van der Waals surface area contributed by atoms with Crippen molar-refractivity contribution >= 4 is 17.8 Å². The second-order valence-electron chi connectivity index (χ2n) is 6.66. The molecule has 8 nitrogen and oxygen atoms in total. The maximum absolute atomic E-state index is 13.0. The van der Waals surface area contributed by atoms with Gasteiger partial charge in [0.05, 0.1) is 0 Å². The predicted octanol–water partition coefficient (Wildman–Crippen LogP) is 2.50. The van der Waals surface area contributed by atoms with Crippen molar-refractivity contribution in [2.24, 2.45) is 0 Å². The van der Waals surface area contributed by atoms with E-state index in [0.29, 0.717) is 18.4 Å². The summed E-state index contributed by atoms with van der Waals surface area (Å²) in [6, 6.07) is 4.64.